The van der Waals surface area contributed by atoms with E-state index >= 15 is 0 Å². The first-order valence-electron chi connectivity index (χ1n) is 11.8. The molecule has 10 heteroatoms. The minimum absolute atomic E-state index is 0.0139. The van der Waals surface area contributed by atoms with Crippen molar-refractivity contribution >= 4 is 46.1 Å². The molecule has 0 bridgehead atoms. The number of alkyl halides is 1. The van der Waals surface area contributed by atoms with Crippen molar-refractivity contribution in [3.8, 4) is 11.5 Å². The van der Waals surface area contributed by atoms with Crippen LogP contribution in [0.2, 0.25) is 0 Å². The highest BCUT2D eigenvalue weighted by Crippen LogP contribution is 2.35. The number of hydrogen-bond donors (Lipinski definition) is 1. The van der Waals surface area contributed by atoms with Gasteiger partial charge in [0, 0.05) is 19.3 Å². The SMILES string of the molecule is CC(=O)OCC(COc1ccc(C(C)(C)c2ccc(OCC(CCl)OC(C)=O)c(I)c2)cc1)OC(C)O. The Balaban J connectivity index is 2.05. The van der Waals surface area contributed by atoms with Crippen LogP contribution in [0.1, 0.15) is 45.7 Å². The standard InChI is InChI=1S/C27H34ClIO8/c1-17(30)33-15-24(37-19(3)32)16-34-22-9-6-20(7-10-22)27(4,5)21-8-11-26(25(29)12-21)35-14-23(13-28)36-18(2)31/h6-12,19,23-24,32H,13-16H2,1-5H3. The van der Waals surface area contributed by atoms with E-state index in [1.165, 1.54) is 20.8 Å². The Morgan fingerprint density at radius 1 is 0.946 bits per heavy atom. The van der Waals surface area contributed by atoms with E-state index in [9.17, 15) is 14.7 Å². The van der Waals surface area contributed by atoms with Crippen LogP contribution < -0.4 is 9.47 Å². The van der Waals surface area contributed by atoms with Crippen LogP contribution in [0.15, 0.2) is 42.5 Å². The third kappa shape index (κ3) is 10.3. The number of ether oxygens (including phenoxy) is 5. The Hall–Kier alpha value is -2.08. The normalized spacial score (nSPS) is 13.8. The van der Waals surface area contributed by atoms with Crippen molar-refractivity contribution in [2.24, 2.45) is 0 Å². The highest BCUT2D eigenvalue weighted by Gasteiger charge is 2.25. The van der Waals surface area contributed by atoms with Crippen LogP contribution in [0, 0.1) is 3.57 Å². The van der Waals surface area contributed by atoms with Crippen LogP contribution in [0.4, 0.5) is 0 Å². The van der Waals surface area contributed by atoms with E-state index < -0.39 is 30.4 Å². The Labute approximate surface area is 236 Å². The number of hydrogen-bond acceptors (Lipinski definition) is 8. The van der Waals surface area contributed by atoms with Gasteiger partial charge in [-0.2, -0.15) is 0 Å². The van der Waals surface area contributed by atoms with Crippen LogP contribution in [-0.2, 0) is 29.2 Å². The molecule has 204 valence electrons. The second-order valence-corrected chi connectivity index (χ2v) is 10.4. The first kappa shape index (κ1) is 31.1. The molecule has 37 heavy (non-hydrogen) atoms. The molecule has 3 unspecified atom stereocenters. The molecule has 0 aliphatic heterocycles. The summed E-state index contributed by atoms with van der Waals surface area (Å²) in [5.41, 5.74) is 1.87. The molecule has 0 aromatic heterocycles. The van der Waals surface area contributed by atoms with Gasteiger partial charge in [0.1, 0.15) is 43.5 Å². The second kappa shape index (κ2) is 14.8. The largest absolute Gasteiger partial charge is 0.491 e. The molecule has 2 rings (SSSR count). The molecule has 0 saturated carbocycles. The van der Waals surface area contributed by atoms with Gasteiger partial charge >= 0.3 is 11.9 Å². The molecule has 3 atom stereocenters. The van der Waals surface area contributed by atoms with Gasteiger partial charge in [-0.3, -0.25) is 9.59 Å². The van der Waals surface area contributed by atoms with Crippen molar-refractivity contribution in [3.63, 3.8) is 0 Å². The van der Waals surface area contributed by atoms with E-state index in [-0.39, 0.29) is 31.1 Å². The zero-order chi connectivity index (χ0) is 27.6. The van der Waals surface area contributed by atoms with Gasteiger partial charge in [0.25, 0.3) is 0 Å². The summed E-state index contributed by atoms with van der Waals surface area (Å²) in [7, 11) is 0. The molecule has 0 amide bonds. The van der Waals surface area contributed by atoms with Gasteiger partial charge < -0.3 is 28.8 Å². The summed E-state index contributed by atoms with van der Waals surface area (Å²) in [4.78, 5) is 22.3. The first-order chi connectivity index (χ1) is 17.4. The average molecular weight is 649 g/mol. The van der Waals surface area contributed by atoms with Gasteiger partial charge in [0.15, 0.2) is 6.29 Å². The number of carbonyl (C=O) groups is 2. The van der Waals surface area contributed by atoms with E-state index in [0.29, 0.717) is 11.5 Å². The third-order valence-electron chi connectivity index (χ3n) is 5.46. The summed E-state index contributed by atoms with van der Waals surface area (Å²) in [5, 5.41) is 9.50. The highest BCUT2D eigenvalue weighted by atomic mass is 127. The number of carbonyl (C=O) groups excluding carboxylic acids is 2. The maximum absolute atomic E-state index is 11.2. The van der Waals surface area contributed by atoms with Crippen molar-refractivity contribution in [2.75, 3.05) is 25.7 Å². The predicted molar refractivity (Wildman–Crippen MR) is 148 cm³/mol. The zero-order valence-electron chi connectivity index (χ0n) is 21.7. The number of aliphatic hydroxyl groups excluding tert-OH is 1. The number of aliphatic hydroxyl groups is 1. The molecule has 2 aromatic rings. The Morgan fingerprint density at radius 2 is 1.57 bits per heavy atom. The number of esters is 2. The maximum atomic E-state index is 11.2. The number of benzene rings is 2. The summed E-state index contributed by atoms with van der Waals surface area (Å²) >= 11 is 8.08. The number of rotatable bonds is 14. The van der Waals surface area contributed by atoms with Crippen molar-refractivity contribution in [2.45, 2.75) is 58.5 Å². The summed E-state index contributed by atoms with van der Waals surface area (Å²) in [6.07, 6.45) is -2.12. The first-order valence-corrected chi connectivity index (χ1v) is 13.4. The summed E-state index contributed by atoms with van der Waals surface area (Å²) in [6, 6.07) is 13.7. The fourth-order valence-electron chi connectivity index (χ4n) is 3.47. The maximum Gasteiger partial charge on any atom is 0.303 e. The molecule has 0 aliphatic rings. The lowest BCUT2D eigenvalue weighted by Gasteiger charge is -2.27. The van der Waals surface area contributed by atoms with Crippen molar-refractivity contribution in [1.29, 1.82) is 0 Å². The fourth-order valence-corrected chi connectivity index (χ4v) is 4.30. The lowest BCUT2D eigenvalue weighted by molar-refractivity contribution is -0.164. The lowest BCUT2D eigenvalue weighted by Crippen LogP contribution is -2.31. The third-order valence-corrected chi connectivity index (χ3v) is 6.64. The van der Waals surface area contributed by atoms with Gasteiger partial charge in [-0.1, -0.05) is 32.0 Å². The number of halogens is 2. The van der Waals surface area contributed by atoms with E-state index in [4.69, 9.17) is 35.3 Å². The van der Waals surface area contributed by atoms with Gasteiger partial charge in [-0.25, -0.2) is 0 Å². The fraction of sp³-hybridized carbons (Fsp3) is 0.481. The molecule has 8 nitrogen and oxygen atoms in total. The molecule has 2 aromatic carbocycles. The quantitative estimate of drug-likeness (QED) is 0.135. The summed E-state index contributed by atoms with van der Waals surface area (Å²) in [5.74, 6) is 0.644. The van der Waals surface area contributed by atoms with E-state index in [1.807, 2.05) is 36.4 Å². The lowest BCUT2D eigenvalue weighted by atomic mass is 9.78. The Bertz CT molecular complexity index is 1030. The second-order valence-electron chi connectivity index (χ2n) is 8.96. The molecular formula is C27H34ClIO8. The summed E-state index contributed by atoms with van der Waals surface area (Å²) < 4.78 is 28.0. The monoisotopic (exact) mass is 648 g/mol. The van der Waals surface area contributed by atoms with E-state index in [2.05, 4.69) is 42.5 Å². The van der Waals surface area contributed by atoms with Crippen molar-refractivity contribution in [1.82, 2.24) is 0 Å². The Kier molecular flexibility index (Phi) is 12.4. The minimum atomic E-state index is -1.01. The molecular weight excluding hydrogens is 615 g/mol. The van der Waals surface area contributed by atoms with E-state index in [1.54, 1.807) is 0 Å². The average Bonchev–Trinajstić information content (AvgIpc) is 2.83. The van der Waals surface area contributed by atoms with Gasteiger partial charge in [0.2, 0.25) is 0 Å². The van der Waals surface area contributed by atoms with Crippen molar-refractivity contribution in [3.05, 3.63) is 57.2 Å². The summed E-state index contributed by atoms with van der Waals surface area (Å²) in [6.45, 7) is 8.67. The smallest absolute Gasteiger partial charge is 0.303 e. The molecule has 0 fully saturated rings. The van der Waals surface area contributed by atoms with Crippen LogP contribution >= 0.6 is 34.2 Å². The van der Waals surface area contributed by atoms with Crippen molar-refractivity contribution < 1.29 is 38.4 Å². The van der Waals surface area contributed by atoms with Gasteiger partial charge in [-0.05, 0) is 64.9 Å². The molecule has 0 spiro atoms. The molecule has 0 saturated heterocycles. The molecule has 1 N–H and O–H groups in total. The topological polar surface area (TPSA) is 101 Å². The van der Waals surface area contributed by atoms with Crippen LogP contribution in [0.5, 0.6) is 11.5 Å². The van der Waals surface area contributed by atoms with Crippen LogP contribution in [-0.4, -0.2) is 61.2 Å². The molecule has 0 aliphatic carbocycles. The highest BCUT2D eigenvalue weighted by molar-refractivity contribution is 14.1. The van der Waals surface area contributed by atoms with Crippen LogP contribution in [0.25, 0.3) is 0 Å². The van der Waals surface area contributed by atoms with Gasteiger partial charge in [-0.15, -0.1) is 11.6 Å². The Morgan fingerprint density at radius 3 is 2.11 bits per heavy atom. The van der Waals surface area contributed by atoms with Crippen LogP contribution in [0.3, 0.4) is 0 Å². The van der Waals surface area contributed by atoms with E-state index in [0.717, 1.165) is 14.7 Å². The van der Waals surface area contributed by atoms with Gasteiger partial charge in [0.05, 0.1) is 9.45 Å². The molecule has 0 radical (unpaired) electrons. The molecule has 0 heterocycles. The predicted octanol–water partition coefficient (Wildman–Crippen LogP) is 4.83. The zero-order valence-corrected chi connectivity index (χ0v) is 24.6. The minimum Gasteiger partial charge on any atom is -0.491 e.